The third-order valence-corrected chi connectivity index (χ3v) is 3.01. The fourth-order valence-corrected chi connectivity index (χ4v) is 1.69. The highest BCUT2D eigenvalue weighted by Crippen LogP contribution is 2.20. The molecule has 1 aromatic rings. The maximum atomic E-state index is 11.6. The van der Waals surface area contributed by atoms with Gasteiger partial charge in [0.2, 0.25) is 0 Å². The van der Waals surface area contributed by atoms with Gasteiger partial charge in [0.1, 0.15) is 6.61 Å². The average molecular weight is 235 g/mol. The van der Waals surface area contributed by atoms with Gasteiger partial charge in [-0.15, -0.1) is 0 Å². The smallest absolute Gasteiger partial charge is 0.408 e. The second kappa shape index (κ2) is 5.19. The molecule has 0 aliphatic carbocycles. The SMILES string of the molecule is CCC1(NC(=O)OCc2ccccc2)COC1. The van der Waals surface area contributed by atoms with Crippen LogP contribution in [0.15, 0.2) is 30.3 Å². The van der Waals surface area contributed by atoms with E-state index in [0.29, 0.717) is 19.8 Å². The fourth-order valence-electron chi connectivity index (χ4n) is 1.69. The molecule has 0 bridgehead atoms. The van der Waals surface area contributed by atoms with Crippen molar-refractivity contribution in [3.63, 3.8) is 0 Å². The van der Waals surface area contributed by atoms with Gasteiger partial charge in [0, 0.05) is 0 Å². The second-order valence-electron chi connectivity index (χ2n) is 4.31. The Morgan fingerprint density at radius 1 is 1.41 bits per heavy atom. The van der Waals surface area contributed by atoms with E-state index in [1.54, 1.807) is 0 Å². The van der Waals surface area contributed by atoms with Crippen molar-refractivity contribution in [2.24, 2.45) is 0 Å². The molecule has 1 amide bonds. The van der Waals surface area contributed by atoms with E-state index >= 15 is 0 Å². The van der Waals surface area contributed by atoms with E-state index in [2.05, 4.69) is 5.32 Å². The van der Waals surface area contributed by atoms with E-state index in [-0.39, 0.29) is 11.6 Å². The van der Waals surface area contributed by atoms with Gasteiger partial charge in [-0.05, 0) is 12.0 Å². The Morgan fingerprint density at radius 3 is 2.65 bits per heavy atom. The number of carbonyl (C=O) groups is 1. The molecule has 0 spiro atoms. The molecule has 4 nitrogen and oxygen atoms in total. The summed E-state index contributed by atoms with van der Waals surface area (Å²) in [5.41, 5.74) is 0.770. The Hall–Kier alpha value is -1.55. The van der Waals surface area contributed by atoms with Crippen molar-refractivity contribution in [3.8, 4) is 0 Å². The minimum absolute atomic E-state index is 0.215. The third-order valence-electron chi connectivity index (χ3n) is 3.01. The Labute approximate surface area is 101 Å². The zero-order valence-electron chi connectivity index (χ0n) is 9.94. The fraction of sp³-hybridized carbons (Fsp3) is 0.462. The maximum Gasteiger partial charge on any atom is 0.408 e. The van der Waals surface area contributed by atoms with Gasteiger partial charge in [0.15, 0.2) is 0 Å². The highest BCUT2D eigenvalue weighted by atomic mass is 16.6. The summed E-state index contributed by atoms with van der Waals surface area (Å²) in [6, 6.07) is 9.62. The van der Waals surface area contributed by atoms with Crippen LogP contribution in [0.2, 0.25) is 0 Å². The van der Waals surface area contributed by atoms with Crippen LogP contribution in [0.25, 0.3) is 0 Å². The molecule has 17 heavy (non-hydrogen) atoms. The number of amides is 1. The van der Waals surface area contributed by atoms with Gasteiger partial charge in [-0.25, -0.2) is 4.79 Å². The van der Waals surface area contributed by atoms with Crippen LogP contribution in [-0.2, 0) is 16.1 Å². The Kier molecular flexibility index (Phi) is 3.64. The number of nitrogens with one attached hydrogen (secondary N) is 1. The molecular weight excluding hydrogens is 218 g/mol. The molecule has 0 radical (unpaired) electrons. The number of carbonyl (C=O) groups excluding carboxylic acids is 1. The molecule has 4 heteroatoms. The lowest BCUT2D eigenvalue weighted by Crippen LogP contribution is -2.61. The topological polar surface area (TPSA) is 47.6 Å². The van der Waals surface area contributed by atoms with Crippen molar-refractivity contribution in [1.82, 2.24) is 5.32 Å². The van der Waals surface area contributed by atoms with E-state index in [9.17, 15) is 4.79 Å². The van der Waals surface area contributed by atoms with Crippen LogP contribution >= 0.6 is 0 Å². The molecule has 1 aliphatic rings. The summed E-state index contributed by atoms with van der Waals surface area (Å²) >= 11 is 0. The van der Waals surface area contributed by atoms with Crippen LogP contribution in [0.3, 0.4) is 0 Å². The lowest BCUT2D eigenvalue weighted by Gasteiger charge is -2.40. The quantitative estimate of drug-likeness (QED) is 0.869. The van der Waals surface area contributed by atoms with Gasteiger partial charge in [0.25, 0.3) is 0 Å². The van der Waals surface area contributed by atoms with Crippen LogP contribution in [-0.4, -0.2) is 24.8 Å². The standard InChI is InChI=1S/C13H17NO3/c1-2-13(9-16-10-13)14-12(15)17-8-11-6-4-3-5-7-11/h3-7H,2,8-10H2,1H3,(H,14,15). The Balaban J connectivity index is 1.78. The number of hydrogen-bond acceptors (Lipinski definition) is 3. The lowest BCUT2D eigenvalue weighted by molar-refractivity contribution is -0.0737. The summed E-state index contributed by atoms with van der Waals surface area (Å²) in [5.74, 6) is 0. The van der Waals surface area contributed by atoms with Crippen LogP contribution < -0.4 is 5.32 Å². The number of alkyl carbamates (subject to hydrolysis) is 1. The molecule has 1 aromatic carbocycles. The molecule has 1 saturated heterocycles. The monoisotopic (exact) mass is 235 g/mol. The zero-order chi connectivity index (χ0) is 12.1. The normalized spacial score (nSPS) is 17.0. The Bertz CT molecular complexity index is 368. The van der Waals surface area contributed by atoms with Gasteiger partial charge in [-0.2, -0.15) is 0 Å². The van der Waals surface area contributed by atoms with Gasteiger partial charge in [-0.1, -0.05) is 37.3 Å². The van der Waals surface area contributed by atoms with Crippen molar-refractivity contribution in [2.45, 2.75) is 25.5 Å². The largest absolute Gasteiger partial charge is 0.445 e. The summed E-state index contributed by atoms with van der Waals surface area (Å²) in [4.78, 5) is 11.6. The van der Waals surface area contributed by atoms with Gasteiger partial charge in [0.05, 0.1) is 18.8 Å². The van der Waals surface area contributed by atoms with Crippen molar-refractivity contribution in [1.29, 1.82) is 0 Å². The van der Waals surface area contributed by atoms with Gasteiger partial charge in [-0.3, -0.25) is 0 Å². The van der Waals surface area contributed by atoms with Gasteiger partial charge < -0.3 is 14.8 Å². The second-order valence-corrected chi connectivity index (χ2v) is 4.31. The number of rotatable bonds is 4. The molecule has 0 unspecified atom stereocenters. The molecule has 2 rings (SSSR count). The highest BCUT2D eigenvalue weighted by Gasteiger charge is 2.38. The molecule has 0 aromatic heterocycles. The number of benzene rings is 1. The van der Waals surface area contributed by atoms with Crippen LogP contribution in [0.5, 0.6) is 0 Å². The van der Waals surface area contributed by atoms with Crippen LogP contribution in [0.1, 0.15) is 18.9 Å². The van der Waals surface area contributed by atoms with Crippen LogP contribution in [0, 0.1) is 0 Å². The summed E-state index contributed by atoms with van der Waals surface area (Å²) in [6.45, 7) is 3.47. The summed E-state index contributed by atoms with van der Waals surface area (Å²) in [6.07, 6.45) is 0.479. The molecule has 1 N–H and O–H groups in total. The van der Waals surface area contributed by atoms with Crippen LogP contribution in [0.4, 0.5) is 4.79 Å². The molecule has 92 valence electrons. The van der Waals surface area contributed by atoms with Crippen molar-refractivity contribution >= 4 is 6.09 Å². The first-order valence-electron chi connectivity index (χ1n) is 5.81. The first kappa shape index (κ1) is 11.9. The molecule has 0 atom stereocenters. The van der Waals surface area contributed by atoms with Crippen molar-refractivity contribution < 1.29 is 14.3 Å². The summed E-state index contributed by atoms with van der Waals surface area (Å²) in [5, 5.41) is 2.86. The lowest BCUT2D eigenvalue weighted by atomic mass is 9.94. The number of hydrogen-bond donors (Lipinski definition) is 1. The average Bonchev–Trinajstić information content (AvgIpc) is 2.33. The van der Waals surface area contributed by atoms with E-state index in [0.717, 1.165) is 12.0 Å². The van der Waals surface area contributed by atoms with Crippen molar-refractivity contribution in [3.05, 3.63) is 35.9 Å². The van der Waals surface area contributed by atoms with E-state index in [4.69, 9.17) is 9.47 Å². The minimum atomic E-state index is -0.376. The first-order valence-corrected chi connectivity index (χ1v) is 5.81. The highest BCUT2D eigenvalue weighted by molar-refractivity contribution is 5.68. The maximum absolute atomic E-state index is 11.6. The minimum Gasteiger partial charge on any atom is -0.445 e. The van der Waals surface area contributed by atoms with E-state index in [1.165, 1.54) is 0 Å². The number of ether oxygens (including phenoxy) is 2. The van der Waals surface area contributed by atoms with Gasteiger partial charge >= 0.3 is 6.09 Å². The predicted octanol–water partition coefficient (Wildman–Crippen LogP) is 2.09. The first-order chi connectivity index (χ1) is 8.24. The van der Waals surface area contributed by atoms with Crippen molar-refractivity contribution in [2.75, 3.05) is 13.2 Å². The zero-order valence-corrected chi connectivity index (χ0v) is 9.94. The predicted molar refractivity (Wildman–Crippen MR) is 63.6 cm³/mol. The van der Waals surface area contributed by atoms with E-state index < -0.39 is 0 Å². The van der Waals surface area contributed by atoms with E-state index in [1.807, 2.05) is 37.3 Å². The molecule has 1 aliphatic heterocycles. The Morgan fingerprint density at radius 2 is 2.12 bits per heavy atom. The summed E-state index contributed by atoms with van der Waals surface area (Å²) in [7, 11) is 0. The molecular formula is C13H17NO3. The third kappa shape index (κ3) is 2.97. The molecule has 0 saturated carbocycles. The molecule has 1 heterocycles. The summed E-state index contributed by atoms with van der Waals surface area (Å²) < 4.78 is 10.3. The molecule has 1 fully saturated rings.